The molecule has 1 aromatic rings. The number of amides is 1. The number of nitrogens with zero attached hydrogens (tertiary/aromatic N) is 3. The van der Waals surface area contributed by atoms with E-state index in [2.05, 4.69) is 29.4 Å². The van der Waals surface area contributed by atoms with Crippen molar-refractivity contribution in [1.29, 1.82) is 0 Å². The second-order valence-electron chi connectivity index (χ2n) is 5.22. The highest BCUT2D eigenvalue weighted by Gasteiger charge is 2.33. The summed E-state index contributed by atoms with van der Waals surface area (Å²) >= 11 is 0. The minimum absolute atomic E-state index is 0.0473. The molecule has 1 fully saturated rings. The number of rotatable bonds is 6. The Bertz CT molecular complexity index is 428. The zero-order valence-corrected chi connectivity index (χ0v) is 11.9. The molecule has 0 spiro atoms. The van der Waals surface area contributed by atoms with Crippen LogP contribution in [-0.2, 0) is 0 Å². The van der Waals surface area contributed by atoms with E-state index in [-0.39, 0.29) is 11.9 Å². The van der Waals surface area contributed by atoms with Crippen LogP contribution in [0.2, 0.25) is 0 Å². The van der Waals surface area contributed by atoms with E-state index in [0.29, 0.717) is 11.6 Å². The van der Waals surface area contributed by atoms with Crippen LogP contribution in [0.15, 0.2) is 12.1 Å². The fourth-order valence-electron chi connectivity index (χ4n) is 2.05. The lowest BCUT2D eigenvalue weighted by Gasteiger charge is -2.24. The molecule has 1 aromatic heterocycles. The van der Waals surface area contributed by atoms with Crippen LogP contribution >= 0.6 is 0 Å². The molecule has 1 amide bonds. The summed E-state index contributed by atoms with van der Waals surface area (Å²) in [6, 6.07) is 3.84. The van der Waals surface area contributed by atoms with Crippen LogP contribution in [0.4, 0.5) is 5.82 Å². The number of aromatic nitrogens is 2. The van der Waals surface area contributed by atoms with Gasteiger partial charge in [-0.2, -0.15) is 0 Å². The molecule has 1 atom stereocenters. The van der Waals surface area contributed by atoms with E-state index in [1.165, 1.54) is 12.8 Å². The maximum absolute atomic E-state index is 12.2. The number of carbonyl (C=O) groups is 1. The summed E-state index contributed by atoms with van der Waals surface area (Å²) in [7, 11) is 1.84. The third-order valence-corrected chi connectivity index (χ3v) is 3.68. The molecule has 1 saturated carbocycles. The third kappa shape index (κ3) is 3.43. The van der Waals surface area contributed by atoms with Crippen LogP contribution in [0.25, 0.3) is 0 Å². The van der Waals surface area contributed by atoms with Gasteiger partial charge in [0.2, 0.25) is 0 Å². The monoisotopic (exact) mass is 262 g/mol. The van der Waals surface area contributed by atoms with Crippen molar-refractivity contribution in [2.24, 2.45) is 5.92 Å². The fourth-order valence-corrected chi connectivity index (χ4v) is 2.05. The summed E-state index contributed by atoms with van der Waals surface area (Å²) in [6.07, 6.45) is 3.48. The molecule has 0 bridgehead atoms. The highest BCUT2D eigenvalue weighted by Crippen LogP contribution is 2.34. The zero-order valence-electron chi connectivity index (χ0n) is 11.9. The van der Waals surface area contributed by atoms with Gasteiger partial charge in [0.15, 0.2) is 5.69 Å². The van der Waals surface area contributed by atoms with E-state index in [9.17, 15) is 4.79 Å². The zero-order chi connectivity index (χ0) is 13.8. The Labute approximate surface area is 114 Å². The first-order valence-corrected chi connectivity index (χ1v) is 6.98. The predicted octanol–water partition coefficient (Wildman–Crippen LogP) is 2.17. The van der Waals surface area contributed by atoms with E-state index in [4.69, 9.17) is 0 Å². The van der Waals surface area contributed by atoms with Gasteiger partial charge in [0.05, 0.1) is 0 Å². The Balaban J connectivity index is 1.98. The topological polar surface area (TPSA) is 58.1 Å². The standard InChI is InChI=1S/C14H22N4O/c1-4-9-15-13-8-7-12(16-17-13)14(19)18(3)10(2)11-5-6-11/h7-8,10-11H,4-6,9H2,1-3H3,(H,15,17). The van der Waals surface area contributed by atoms with E-state index >= 15 is 0 Å². The molecule has 2 rings (SSSR count). The van der Waals surface area contributed by atoms with Crippen molar-refractivity contribution in [2.75, 3.05) is 18.9 Å². The van der Waals surface area contributed by atoms with Crippen LogP contribution in [0.5, 0.6) is 0 Å². The van der Waals surface area contributed by atoms with Crippen molar-refractivity contribution >= 4 is 11.7 Å². The van der Waals surface area contributed by atoms with Gasteiger partial charge in [-0.1, -0.05) is 6.92 Å². The van der Waals surface area contributed by atoms with Gasteiger partial charge in [0.1, 0.15) is 5.82 Å². The molecule has 0 aliphatic heterocycles. The molecular weight excluding hydrogens is 240 g/mol. The van der Waals surface area contributed by atoms with Crippen LogP contribution < -0.4 is 5.32 Å². The second-order valence-corrected chi connectivity index (χ2v) is 5.22. The van der Waals surface area contributed by atoms with Crippen molar-refractivity contribution in [1.82, 2.24) is 15.1 Å². The first-order chi connectivity index (χ1) is 9.13. The minimum atomic E-state index is -0.0473. The molecule has 1 N–H and O–H groups in total. The Kier molecular flexibility index (Phi) is 4.35. The molecule has 1 heterocycles. The fraction of sp³-hybridized carbons (Fsp3) is 0.643. The highest BCUT2D eigenvalue weighted by atomic mass is 16.2. The molecule has 19 heavy (non-hydrogen) atoms. The molecular formula is C14H22N4O. The maximum atomic E-state index is 12.2. The lowest BCUT2D eigenvalue weighted by Crippen LogP contribution is -2.37. The maximum Gasteiger partial charge on any atom is 0.274 e. The van der Waals surface area contributed by atoms with Gasteiger partial charge in [-0.25, -0.2) is 0 Å². The lowest BCUT2D eigenvalue weighted by atomic mass is 10.2. The Morgan fingerprint density at radius 3 is 2.74 bits per heavy atom. The van der Waals surface area contributed by atoms with Crippen LogP contribution in [0.1, 0.15) is 43.6 Å². The summed E-state index contributed by atoms with van der Waals surface area (Å²) in [5.74, 6) is 1.33. The summed E-state index contributed by atoms with van der Waals surface area (Å²) in [5, 5.41) is 11.2. The van der Waals surface area contributed by atoms with Crippen molar-refractivity contribution in [3.05, 3.63) is 17.8 Å². The predicted molar refractivity (Wildman–Crippen MR) is 75.1 cm³/mol. The second kappa shape index (κ2) is 5.99. The molecule has 0 aromatic carbocycles. The molecule has 1 unspecified atom stereocenters. The van der Waals surface area contributed by atoms with Crippen LogP contribution in [0, 0.1) is 5.92 Å². The number of nitrogens with one attached hydrogen (secondary N) is 1. The smallest absolute Gasteiger partial charge is 0.274 e. The molecule has 0 saturated heterocycles. The summed E-state index contributed by atoms with van der Waals surface area (Å²) in [5.41, 5.74) is 0.414. The first-order valence-electron chi connectivity index (χ1n) is 6.98. The summed E-state index contributed by atoms with van der Waals surface area (Å²) in [6.45, 7) is 5.05. The normalized spacial score (nSPS) is 15.9. The average Bonchev–Trinajstić information content (AvgIpc) is 3.28. The number of hydrogen-bond acceptors (Lipinski definition) is 4. The van der Waals surface area contributed by atoms with Crippen molar-refractivity contribution < 1.29 is 4.79 Å². The van der Waals surface area contributed by atoms with Crippen molar-refractivity contribution in [3.8, 4) is 0 Å². The number of carbonyl (C=O) groups excluding carboxylic acids is 1. The van der Waals surface area contributed by atoms with Crippen LogP contribution in [-0.4, -0.2) is 40.6 Å². The van der Waals surface area contributed by atoms with Crippen LogP contribution in [0.3, 0.4) is 0 Å². The Morgan fingerprint density at radius 2 is 2.21 bits per heavy atom. The van der Waals surface area contributed by atoms with Gasteiger partial charge in [-0.05, 0) is 44.2 Å². The van der Waals surface area contributed by atoms with Crippen molar-refractivity contribution in [2.45, 2.75) is 39.2 Å². The van der Waals surface area contributed by atoms with Gasteiger partial charge >= 0.3 is 0 Å². The number of hydrogen-bond donors (Lipinski definition) is 1. The van der Waals surface area contributed by atoms with E-state index in [1.54, 1.807) is 11.0 Å². The van der Waals surface area contributed by atoms with Gasteiger partial charge in [-0.3, -0.25) is 4.79 Å². The number of anilines is 1. The third-order valence-electron chi connectivity index (χ3n) is 3.68. The SMILES string of the molecule is CCCNc1ccc(C(=O)N(C)C(C)C2CC2)nn1. The van der Waals surface area contributed by atoms with Gasteiger partial charge < -0.3 is 10.2 Å². The molecule has 104 valence electrons. The molecule has 1 aliphatic rings. The molecule has 0 radical (unpaired) electrons. The van der Waals surface area contributed by atoms with Gasteiger partial charge in [0, 0.05) is 19.6 Å². The largest absolute Gasteiger partial charge is 0.369 e. The summed E-state index contributed by atoms with van der Waals surface area (Å²) < 4.78 is 0. The van der Waals surface area contributed by atoms with E-state index in [1.807, 2.05) is 13.1 Å². The molecule has 1 aliphatic carbocycles. The van der Waals surface area contributed by atoms with E-state index in [0.717, 1.165) is 18.8 Å². The van der Waals surface area contributed by atoms with Crippen molar-refractivity contribution in [3.63, 3.8) is 0 Å². The Morgan fingerprint density at radius 1 is 1.47 bits per heavy atom. The first kappa shape index (κ1) is 13.8. The summed E-state index contributed by atoms with van der Waals surface area (Å²) in [4.78, 5) is 14.0. The highest BCUT2D eigenvalue weighted by molar-refractivity contribution is 5.92. The molecule has 5 heteroatoms. The Hall–Kier alpha value is -1.65. The molecule has 5 nitrogen and oxygen atoms in total. The average molecular weight is 262 g/mol. The van der Waals surface area contributed by atoms with Gasteiger partial charge in [0.25, 0.3) is 5.91 Å². The lowest BCUT2D eigenvalue weighted by molar-refractivity contribution is 0.0720. The quantitative estimate of drug-likeness (QED) is 0.853. The van der Waals surface area contributed by atoms with E-state index < -0.39 is 0 Å². The van der Waals surface area contributed by atoms with Gasteiger partial charge in [-0.15, -0.1) is 10.2 Å². The minimum Gasteiger partial charge on any atom is -0.369 e.